The molecule has 1 aliphatic heterocycles. The van der Waals surface area contributed by atoms with Crippen molar-refractivity contribution in [2.24, 2.45) is 0 Å². The molecule has 0 bridgehead atoms. The summed E-state index contributed by atoms with van der Waals surface area (Å²) in [5.41, 5.74) is 2.69. The summed E-state index contributed by atoms with van der Waals surface area (Å²) in [5.74, 6) is -0.210. The Kier molecular flexibility index (Phi) is 5.56. The first-order chi connectivity index (χ1) is 16.4. The highest BCUT2D eigenvalue weighted by atomic mass is 19.4. The van der Waals surface area contributed by atoms with Crippen molar-refractivity contribution in [1.82, 2.24) is 30.0 Å². The number of pyridine rings is 1. The van der Waals surface area contributed by atoms with Gasteiger partial charge in [0, 0.05) is 48.0 Å². The summed E-state index contributed by atoms with van der Waals surface area (Å²) in [6.07, 6.45) is 6.33. The van der Waals surface area contributed by atoms with Gasteiger partial charge in [-0.2, -0.15) is 18.3 Å². The minimum Gasteiger partial charge on any atom is -0.330 e. The van der Waals surface area contributed by atoms with E-state index >= 15 is 0 Å². The zero-order valence-corrected chi connectivity index (χ0v) is 17.8. The summed E-state index contributed by atoms with van der Waals surface area (Å²) in [7, 11) is 0. The third-order valence-corrected chi connectivity index (χ3v) is 5.90. The number of hydrogen-bond acceptors (Lipinski definition) is 5. The van der Waals surface area contributed by atoms with Crippen LogP contribution < -0.4 is 0 Å². The number of aromatic amines is 1. The smallest absolute Gasteiger partial charge is 0.330 e. The number of hydrogen-bond donors (Lipinski definition) is 1. The van der Waals surface area contributed by atoms with Crippen LogP contribution in [0.2, 0.25) is 0 Å². The molecule has 0 radical (unpaired) electrons. The van der Waals surface area contributed by atoms with E-state index in [-0.39, 0.29) is 11.9 Å². The third-order valence-electron chi connectivity index (χ3n) is 5.90. The first kappa shape index (κ1) is 21.7. The van der Waals surface area contributed by atoms with Crippen molar-refractivity contribution >= 4 is 5.91 Å². The van der Waals surface area contributed by atoms with Gasteiger partial charge in [0.1, 0.15) is 6.33 Å². The van der Waals surface area contributed by atoms with Gasteiger partial charge in [-0.1, -0.05) is 12.1 Å². The molecule has 4 aromatic rings. The van der Waals surface area contributed by atoms with Crippen molar-refractivity contribution in [2.75, 3.05) is 6.54 Å². The second kappa shape index (κ2) is 8.69. The molecule has 1 fully saturated rings. The molecule has 5 rings (SSSR count). The lowest BCUT2D eigenvalue weighted by atomic mass is 9.99. The van der Waals surface area contributed by atoms with Crippen LogP contribution in [0, 0.1) is 0 Å². The molecule has 7 nitrogen and oxygen atoms in total. The molecule has 0 unspecified atom stereocenters. The van der Waals surface area contributed by atoms with Crippen LogP contribution in [-0.4, -0.2) is 42.5 Å². The molecule has 1 N–H and O–H groups in total. The molecule has 1 saturated heterocycles. The first-order valence-corrected chi connectivity index (χ1v) is 10.6. The number of amides is 1. The minimum atomic E-state index is -4.45. The fraction of sp³-hybridized carbons (Fsp3) is 0.208. The molecule has 0 aliphatic carbocycles. The van der Waals surface area contributed by atoms with Gasteiger partial charge >= 0.3 is 6.18 Å². The average molecular weight is 464 g/mol. The van der Waals surface area contributed by atoms with Gasteiger partial charge in [0.25, 0.3) is 5.91 Å². The van der Waals surface area contributed by atoms with Crippen LogP contribution in [0.1, 0.15) is 40.5 Å². The molecule has 1 aromatic carbocycles. The monoisotopic (exact) mass is 464 g/mol. The molecule has 0 spiro atoms. The number of likely N-dealkylation sites (tertiary alicyclic amines) is 1. The van der Waals surface area contributed by atoms with E-state index in [1.54, 1.807) is 35.6 Å². The van der Waals surface area contributed by atoms with Crippen molar-refractivity contribution in [2.45, 2.75) is 25.1 Å². The number of carbonyl (C=O) groups is 1. The van der Waals surface area contributed by atoms with Gasteiger partial charge < -0.3 is 4.90 Å². The Morgan fingerprint density at radius 1 is 0.971 bits per heavy atom. The highest BCUT2D eigenvalue weighted by Gasteiger charge is 2.35. The number of benzene rings is 1. The SMILES string of the molecule is O=C(c1cncc(-c2cncnc2)c1)N1CCC[C@H]1c1[nH]ncc1-c1cccc(C(F)(F)F)c1. The van der Waals surface area contributed by atoms with E-state index < -0.39 is 11.7 Å². The Bertz CT molecular complexity index is 1320. The van der Waals surface area contributed by atoms with E-state index in [0.717, 1.165) is 24.1 Å². The molecule has 1 atom stereocenters. The topological polar surface area (TPSA) is 87.7 Å². The molecule has 10 heteroatoms. The number of rotatable bonds is 4. The normalized spacial score (nSPS) is 16.1. The largest absolute Gasteiger partial charge is 0.416 e. The van der Waals surface area contributed by atoms with Crippen LogP contribution in [0.15, 0.2) is 67.6 Å². The van der Waals surface area contributed by atoms with Gasteiger partial charge in [-0.25, -0.2) is 9.97 Å². The van der Waals surface area contributed by atoms with E-state index in [0.29, 0.717) is 40.9 Å². The van der Waals surface area contributed by atoms with Gasteiger partial charge in [0.15, 0.2) is 0 Å². The quantitative estimate of drug-likeness (QED) is 0.463. The summed E-state index contributed by atoms with van der Waals surface area (Å²) < 4.78 is 39.7. The highest BCUT2D eigenvalue weighted by molar-refractivity contribution is 5.95. The Balaban J connectivity index is 1.46. The Morgan fingerprint density at radius 2 is 1.76 bits per heavy atom. The lowest BCUT2D eigenvalue weighted by molar-refractivity contribution is -0.137. The number of alkyl halides is 3. The predicted molar refractivity (Wildman–Crippen MR) is 117 cm³/mol. The second-order valence-corrected chi connectivity index (χ2v) is 8.02. The fourth-order valence-corrected chi connectivity index (χ4v) is 4.28. The van der Waals surface area contributed by atoms with Crippen LogP contribution in [0.25, 0.3) is 22.3 Å². The molecule has 0 saturated carbocycles. The van der Waals surface area contributed by atoms with Crippen LogP contribution in [0.4, 0.5) is 13.2 Å². The molecule has 3 aromatic heterocycles. The molecule has 1 amide bonds. The fourth-order valence-electron chi connectivity index (χ4n) is 4.28. The second-order valence-electron chi connectivity index (χ2n) is 8.02. The van der Waals surface area contributed by atoms with E-state index in [1.807, 2.05) is 0 Å². The van der Waals surface area contributed by atoms with Crippen molar-refractivity contribution < 1.29 is 18.0 Å². The molecule has 1 aliphatic rings. The number of nitrogens with zero attached hydrogens (tertiary/aromatic N) is 5. The van der Waals surface area contributed by atoms with Crippen molar-refractivity contribution in [1.29, 1.82) is 0 Å². The van der Waals surface area contributed by atoms with Crippen LogP contribution in [-0.2, 0) is 6.18 Å². The Labute approximate surface area is 192 Å². The number of aromatic nitrogens is 5. The van der Waals surface area contributed by atoms with Gasteiger partial charge in [-0.3, -0.25) is 14.9 Å². The minimum absolute atomic E-state index is 0.210. The van der Waals surface area contributed by atoms with Crippen LogP contribution in [0.3, 0.4) is 0 Å². The predicted octanol–water partition coefficient (Wildman–Crippen LogP) is 4.92. The van der Waals surface area contributed by atoms with Gasteiger partial charge in [0.2, 0.25) is 0 Å². The number of H-pyrrole nitrogens is 1. The van der Waals surface area contributed by atoms with Gasteiger partial charge in [0.05, 0.1) is 29.1 Å². The maximum absolute atomic E-state index is 13.4. The standard InChI is InChI=1S/C24H19F3N6O/c25-24(26,27)19-4-1-3-15(8-19)20-13-31-32-22(20)21-5-2-6-33(21)23(34)17-7-16(9-28-10-17)18-11-29-14-30-12-18/h1,3-4,7-14,21H,2,5-6H2,(H,31,32)/t21-/m0/s1. The van der Waals surface area contributed by atoms with Gasteiger partial charge in [-0.15, -0.1) is 0 Å². The summed E-state index contributed by atoms with van der Waals surface area (Å²) in [6, 6.07) is 6.52. The number of nitrogens with one attached hydrogen (secondary N) is 1. The lowest BCUT2D eigenvalue weighted by Crippen LogP contribution is -2.31. The molecule has 172 valence electrons. The maximum atomic E-state index is 13.4. The maximum Gasteiger partial charge on any atom is 0.416 e. The van der Waals surface area contributed by atoms with Gasteiger partial charge in [-0.05, 0) is 36.6 Å². The van der Waals surface area contributed by atoms with Crippen LogP contribution in [0.5, 0.6) is 0 Å². The first-order valence-electron chi connectivity index (χ1n) is 10.6. The van der Waals surface area contributed by atoms with E-state index in [4.69, 9.17) is 0 Å². The van der Waals surface area contributed by atoms with Crippen molar-refractivity contribution in [3.63, 3.8) is 0 Å². The molecular formula is C24H19F3N6O. The van der Waals surface area contributed by atoms with Crippen molar-refractivity contribution in [3.8, 4) is 22.3 Å². The lowest BCUT2D eigenvalue weighted by Gasteiger charge is -2.25. The zero-order chi connectivity index (χ0) is 23.7. The Hall–Kier alpha value is -4.08. The Morgan fingerprint density at radius 3 is 2.56 bits per heavy atom. The highest BCUT2D eigenvalue weighted by Crippen LogP contribution is 2.39. The van der Waals surface area contributed by atoms with Crippen molar-refractivity contribution in [3.05, 3.63) is 84.5 Å². The molecule has 4 heterocycles. The number of halogens is 3. The zero-order valence-electron chi connectivity index (χ0n) is 17.8. The number of carbonyl (C=O) groups excluding carboxylic acids is 1. The summed E-state index contributed by atoms with van der Waals surface area (Å²) in [5, 5.41) is 7.01. The van der Waals surface area contributed by atoms with Crippen LogP contribution >= 0.6 is 0 Å². The van der Waals surface area contributed by atoms with E-state index in [1.165, 1.54) is 24.8 Å². The molecular weight excluding hydrogens is 445 g/mol. The van der Waals surface area contributed by atoms with E-state index in [2.05, 4.69) is 25.1 Å². The van der Waals surface area contributed by atoms with E-state index in [9.17, 15) is 18.0 Å². The summed E-state index contributed by atoms with van der Waals surface area (Å²) in [4.78, 5) is 27.4. The summed E-state index contributed by atoms with van der Waals surface area (Å²) in [6.45, 7) is 0.517. The average Bonchev–Trinajstić information content (AvgIpc) is 3.53. The molecule has 34 heavy (non-hydrogen) atoms. The third kappa shape index (κ3) is 4.14. The summed E-state index contributed by atoms with van der Waals surface area (Å²) >= 11 is 0.